The Balaban J connectivity index is 0.000000280. The molecule has 0 aromatic rings. The lowest BCUT2D eigenvalue weighted by Crippen LogP contribution is -2.52. The zero-order valence-electron chi connectivity index (χ0n) is 30.8. The molecule has 0 saturated carbocycles. The van der Waals surface area contributed by atoms with E-state index in [2.05, 4.69) is 115 Å². The van der Waals surface area contributed by atoms with Gasteiger partial charge in [-0.05, 0) is 101 Å². The number of rotatable bonds is 1. The van der Waals surface area contributed by atoms with Crippen LogP contribution >= 0.6 is 0 Å². The number of hydrogen-bond donors (Lipinski definition) is 0. The maximum atomic E-state index is 5.27. The molecule has 0 aromatic heterocycles. The number of morpholine rings is 2. The third kappa shape index (κ3) is 18.5. The van der Waals surface area contributed by atoms with Crippen molar-refractivity contribution in [2.75, 3.05) is 105 Å². The van der Waals surface area contributed by atoms with E-state index in [0.29, 0.717) is 22.0 Å². The molecular formula is C35H75N5O2. The van der Waals surface area contributed by atoms with Crippen molar-refractivity contribution in [3.8, 4) is 0 Å². The molecule has 0 aliphatic carbocycles. The molecule has 4 heterocycles. The molecule has 0 unspecified atom stereocenters. The first-order valence-corrected chi connectivity index (χ1v) is 17.1. The van der Waals surface area contributed by atoms with Crippen LogP contribution < -0.4 is 0 Å². The Morgan fingerprint density at radius 2 is 0.786 bits per heavy atom. The summed E-state index contributed by atoms with van der Waals surface area (Å²) >= 11 is 0. The van der Waals surface area contributed by atoms with Crippen molar-refractivity contribution in [2.24, 2.45) is 5.41 Å². The predicted molar refractivity (Wildman–Crippen MR) is 183 cm³/mol. The molecule has 0 N–H and O–H groups in total. The van der Waals surface area contributed by atoms with E-state index >= 15 is 0 Å². The summed E-state index contributed by atoms with van der Waals surface area (Å²) in [7, 11) is 2.19. The fourth-order valence-corrected chi connectivity index (χ4v) is 5.71. The van der Waals surface area contributed by atoms with Crippen LogP contribution in [-0.2, 0) is 9.47 Å². The van der Waals surface area contributed by atoms with Crippen LogP contribution in [0.1, 0.15) is 102 Å². The first-order chi connectivity index (χ1) is 19.3. The molecule has 42 heavy (non-hydrogen) atoms. The lowest BCUT2D eigenvalue weighted by atomic mass is 9.96. The smallest absolute Gasteiger partial charge is 0.0594 e. The minimum atomic E-state index is 0.323. The van der Waals surface area contributed by atoms with Crippen molar-refractivity contribution in [1.29, 1.82) is 0 Å². The van der Waals surface area contributed by atoms with Crippen molar-refractivity contribution in [2.45, 2.75) is 119 Å². The fraction of sp³-hybridized carbons (Fsp3) is 1.00. The first kappa shape index (κ1) is 39.7. The Morgan fingerprint density at radius 1 is 0.429 bits per heavy atom. The van der Waals surface area contributed by atoms with Gasteiger partial charge in [0.15, 0.2) is 0 Å². The highest BCUT2D eigenvalue weighted by Gasteiger charge is 2.25. The van der Waals surface area contributed by atoms with E-state index in [1.807, 2.05) is 0 Å². The van der Waals surface area contributed by atoms with Crippen LogP contribution in [0.25, 0.3) is 0 Å². The van der Waals surface area contributed by atoms with Crippen molar-refractivity contribution < 1.29 is 9.47 Å². The standard InChI is InChI=1S/C9H20N2.C9H19NO.C9H19N.C8H17NO/c1-9(2,3)11-7-5-10(4)6-8-11;1-9(2,3)8-10-4-6-11-7-5-10;1-9(2,3)10-7-5-4-6-8-10;1-8(2,3)9-4-6-10-7-5-9/h5-8H2,1-4H3;4-8H2,1-3H3;4-8H2,1-3H3;4-7H2,1-3H3. The van der Waals surface area contributed by atoms with Gasteiger partial charge in [0.2, 0.25) is 0 Å². The van der Waals surface area contributed by atoms with Gasteiger partial charge in [0.1, 0.15) is 0 Å². The monoisotopic (exact) mass is 598 g/mol. The number of likely N-dealkylation sites (tertiary alicyclic amines) is 1. The molecule has 4 rings (SSSR count). The predicted octanol–water partition coefficient (Wildman–Crippen LogP) is 5.78. The summed E-state index contributed by atoms with van der Waals surface area (Å²) in [4.78, 5) is 12.5. The largest absolute Gasteiger partial charge is 0.379 e. The van der Waals surface area contributed by atoms with Crippen LogP contribution in [0.15, 0.2) is 0 Å². The highest BCUT2D eigenvalue weighted by molar-refractivity contribution is 4.81. The number of piperidine rings is 1. The van der Waals surface area contributed by atoms with Crippen molar-refractivity contribution >= 4 is 0 Å². The van der Waals surface area contributed by atoms with Crippen LogP contribution in [0, 0.1) is 5.41 Å². The number of hydrogen-bond acceptors (Lipinski definition) is 7. The van der Waals surface area contributed by atoms with Gasteiger partial charge in [0.05, 0.1) is 26.4 Å². The van der Waals surface area contributed by atoms with Crippen LogP contribution in [0.5, 0.6) is 0 Å². The van der Waals surface area contributed by atoms with E-state index in [1.165, 1.54) is 65.1 Å². The normalized spacial score (nSPS) is 23.1. The third-order valence-corrected chi connectivity index (χ3v) is 8.52. The Labute approximate surface area is 263 Å². The molecule has 7 heteroatoms. The minimum Gasteiger partial charge on any atom is -0.379 e. The van der Waals surface area contributed by atoms with Gasteiger partial charge in [-0.3, -0.25) is 19.6 Å². The molecule has 252 valence electrons. The van der Waals surface area contributed by atoms with Crippen molar-refractivity contribution in [1.82, 2.24) is 24.5 Å². The second-order valence-corrected chi connectivity index (χ2v) is 16.9. The molecule has 4 saturated heterocycles. The Kier molecular flexibility index (Phi) is 17.6. The van der Waals surface area contributed by atoms with Gasteiger partial charge in [-0.25, -0.2) is 0 Å². The summed E-state index contributed by atoms with van der Waals surface area (Å²) in [6.45, 7) is 44.1. The zero-order chi connectivity index (χ0) is 32.0. The van der Waals surface area contributed by atoms with Gasteiger partial charge < -0.3 is 14.4 Å². The highest BCUT2D eigenvalue weighted by atomic mass is 16.5. The van der Waals surface area contributed by atoms with Gasteiger partial charge in [-0.15, -0.1) is 0 Å². The lowest BCUT2D eigenvalue weighted by Gasteiger charge is -2.41. The summed E-state index contributed by atoms with van der Waals surface area (Å²) in [5.41, 5.74) is 1.52. The first-order valence-electron chi connectivity index (χ1n) is 17.1. The third-order valence-electron chi connectivity index (χ3n) is 8.52. The molecule has 0 bridgehead atoms. The topological polar surface area (TPSA) is 34.7 Å². The molecule has 0 spiro atoms. The van der Waals surface area contributed by atoms with Crippen LogP contribution in [0.2, 0.25) is 0 Å². The molecule has 0 aromatic carbocycles. The second kappa shape index (κ2) is 18.6. The maximum absolute atomic E-state index is 5.27. The Hall–Kier alpha value is -0.280. The molecule has 0 atom stereocenters. The van der Waals surface area contributed by atoms with E-state index < -0.39 is 0 Å². The average Bonchev–Trinajstić information content (AvgIpc) is 2.89. The van der Waals surface area contributed by atoms with E-state index in [4.69, 9.17) is 9.47 Å². The minimum absolute atomic E-state index is 0.323. The lowest BCUT2D eigenvalue weighted by molar-refractivity contribution is -0.00389. The van der Waals surface area contributed by atoms with E-state index in [0.717, 1.165) is 52.6 Å². The summed E-state index contributed by atoms with van der Waals surface area (Å²) in [5, 5.41) is 0. The number of likely N-dealkylation sites (N-methyl/N-ethyl adjacent to an activating group) is 1. The quantitative estimate of drug-likeness (QED) is 0.379. The second-order valence-electron chi connectivity index (χ2n) is 16.9. The summed E-state index contributed by atoms with van der Waals surface area (Å²) in [6.07, 6.45) is 4.24. The zero-order valence-corrected chi connectivity index (χ0v) is 30.8. The molecule has 7 nitrogen and oxygen atoms in total. The summed E-state index contributed by atoms with van der Waals surface area (Å²) in [5.74, 6) is 0. The fourth-order valence-electron chi connectivity index (χ4n) is 5.71. The maximum Gasteiger partial charge on any atom is 0.0594 e. The molecule has 4 aliphatic heterocycles. The van der Waals surface area contributed by atoms with Gasteiger partial charge in [0, 0.05) is 75.5 Å². The molecule has 4 fully saturated rings. The molecule has 0 amide bonds. The van der Waals surface area contributed by atoms with Gasteiger partial charge >= 0.3 is 0 Å². The van der Waals surface area contributed by atoms with Crippen LogP contribution in [0.4, 0.5) is 0 Å². The molecule has 0 radical (unpaired) electrons. The van der Waals surface area contributed by atoms with E-state index in [9.17, 15) is 0 Å². The van der Waals surface area contributed by atoms with E-state index in [-0.39, 0.29) is 0 Å². The number of nitrogens with zero attached hydrogens (tertiary/aromatic N) is 5. The highest BCUT2D eigenvalue weighted by Crippen LogP contribution is 2.19. The van der Waals surface area contributed by atoms with Crippen LogP contribution in [-0.4, -0.2) is 147 Å². The Morgan fingerprint density at radius 3 is 1.12 bits per heavy atom. The summed E-state index contributed by atoms with van der Waals surface area (Å²) in [6, 6.07) is 0. The Bertz CT molecular complexity index is 635. The van der Waals surface area contributed by atoms with Crippen molar-refractivity contribution in [3.63, 3.8) is 0 Å². The molecule has 4 aliphatic rings. The van der Waals surface area contributed by atoms with Gasteiger partial charge in [0.25, 0.3) is 0 Å². The van der Waals surface area contributed by atoms with Crippen LogP contribution in [0.3, 0.4) is 0 Å². The average molecular weight is 598 g/mol. The van der Waals surface area contributed by atoms with Crippen molar-refractivity contribution in [3.05, 3.63) is 0 Å². The number of ether oxygens (including phenoxy) is 2. The number of piperazine rings is 1. The SMILES string of the molecule is CC(C)(C)CN1CCOCC1.CC(C)(C)N1CCCCC1.CC(C)(C)N1CCOCC1.CN1CCN(C(C)(C)C)CC1. The summed E-state index contributed by atoms with van der Waals surface area (Å²) < 4.78 is 10.5. The molecular weight excluding hydrogens is 522 g/mol. The van der Waals surface area contributed by atoms with Gasteiger partial charge in [-0.2, -0.15) is 0 Å². The van der Waals surface area contributed by atoms with E-state index in [1.54, 1.807) is 0 Å². The van der Waals surface area contributed by atoms with Gasteiger partial charge in [-0.1, -0.05) is 27.2 Å².